The molecule has 2 aromatic carbocycles. The highest BCUT2D eigenvalue weighted by molar-refractivity contribution is 5.90. The molecule has 5 N–H and O–H groups in total. The number of piperazine rings is 1. The van der Waals surface area contributed by atoms with Gasteiger partial charge in [0.05, 0.1) is 13.0 Å². The summed E-state index contributed by atoms with van der Waals surface area (Å²) in [6, 6.07) is 12.3. The molecule has 2 aromatic rings. The number of hydrogen-bond acceptors (Lipinski definition) is 8. The normalized spacial score (nSPS) is 13.5. The van der Waals surface area contributed by atoms with Crippen LogP contribution in [-0.4, -0.2) is 111 Å². The summed E-state index contributed by atoms with van der Waals surface area (Å²) < 4.78 is 32.7. The Bertz CT molecular complexity index is 1200. The average molecular weight is 637 g/mol. The maximum atomic E-state index is 13.3. The summed E-state index contributed by atoms with van der Waals surface area (Å²) in [6.07, 6.45) is 2.00. The highest BCUT2D eigenvalue weighted by Gasteiger charge is 2.19. The van der Waals surface area contributed by atoms with Gasteiger partial charge in [-0.2, -0.15) is 0 Å². The molecule has 13 nitrogen and oxygen atoms in total. The van der Waals surface area contributed by atoms with Gasteiger partial charge in [0.25, 0.3) is 0 Å². The van der Waals surface area contributed by atoms with Crippen LogP contribution >= 0.6 is 0 Å². The molecule has 45 heavy (non-hydrogen) atoms. The molecule has 0 unspecified atom stereocenters. The monoisotopic (exact) mass is 636 g/mol. The van der Waals surface area contributed by atoms with Crippen molar-refractivity contribution in [2.75, 3.05) is 45.9 Å². The first kappa shape index (κ1) is 38.0. The molecule has 0 saturated carbocycles. The molecule has 15 heteroatoms. The number of rotatable bonds is 13. The summed E-state index contributed by atoms with van der Waals surface area (Å²) in [7, 11) is 0. The zero-order chi connectivity index (χ0) is 33.8. The van der Waals surface area contributed by atoms with Crippen LogP contribution in [0.25, 0.3) is 0 Å². The van der Waals surface area contributed by atoms with E-state index < -0.39 is 36.0 Å². The van der Waals surface area contributed by atoms with Gasteiger partial charge in [-0.3, -0.25) is 9.69 Å². The largest absolute Gasteiger partial charge is 0.481 e. The molecule has 1 fully saturated rings. The quantitative estimate of drug-likeness (QED) is 0.201. The minimum atomic E-state index is -1.26. The third-order valence-corrected chi connectivity index (χ3v) is 5.88. The van der Waals surface area contributed by atoms with Gasteiger partial charge in [0.15, 0.2) is 0 Å². The van der Waals surface area contributed by atoms with Crippen LogP contribution in [-0.2, 0) is 28.7 Å². The second kappa shape index (κ2) is 20.8. The van der Waals surface area contributed by atoms with Gasteiger partial charge < -0.3 is 35.2 Å². The Morgan fingerprint density at radius 3 is 1.27 bits per heavy atom. The van der Waals surface area contributed by atoms with Gasteiger partial charge in [0.1, 0.15) is 17.7 Å². The van der Waals surface area contributed by atoms with E-state index in [0.717, 1.165) is 43.9 Å². The van der Waals surface area contributed by atoms with Crippen LogP contribution in [0.5, 0.6) is 0 Å². The van der Waals surface area contributed by atoms with Gasteiger partial charge in [-0.15, -0.1) is 0 Å². The second-order valence-electron chi connectivity index (χ2n) is 9.20. The molecule has 0 atom stereocenters. The van der Waals surface area contributed by atoms with Gasteiger partial charge in [-0.25, -0.2) is 28.0 Å². The molecule has 0 bridgehead atoms. The SMILES string of the molecule is O=C(O)/C=C\C(=O)O.O=C(O)/C=C\C(=O)O.O=C(O)CCN1CCN(CCOC(c2ccc(F)cc2)c2ccc(F)cc2)CC1. The third-order valence-electron chi connectivity index (χ3n) is 5.88. The Morgan fingerprint density at radius 1 is 0.622 bits per heavy atom. The van der Waals surface area contributed by atoms with Crippen molar-refractivity contribution < 1.29 is 63.0 Å². The Morgan fingerprint density at radius 2 is 0.956 bits per heavy atom. The van der Waals surface area contributed by atoms with Gasteiger partial charge in [0.2, 0.25) is 0 Å². The first-order valence-corrected chi connectivity index (χ1v) is 13.3. The van der Waals surface area contributed by atoms with E-state index in [1.165, 1.54) is 24.3 Å². The number of carboxylic acids is 5. The molecular weight excluding hydrogens is 602 g/mol. The van der Waals surface area contributed by atoms with Crippen molar-refractivity contribution in [3.05, 3.63) is 95.6 Å². The highest BCUT2D eigenvalue weighted by atomic mass is 19.1. The molecule has 244 valence electrons. The fraction of sp³-hybridized carbons (Fsp3) is 0.300. The van der Waals surface area contributed by atoms with E-state index in [9.17, 15) is 32.8 Å². The number of hydrogen-bond donors (Lipinski definition) is 5. The van der Waals surface area contributed by atoms with Gasteiger partial charge >= 0.3 is 29.8 Å². The van der Waals surface area contributed by atoms with Crippen LogP contribution in [0.1, 0.15) is 23.7 Å². The Hall–Kier alpha value is -4.99. The number of carbonyl (C=O) groups is 5. The average Bonchev–Trinajstić information content (AvgIpc) is 2.99. The van der Waals surface area contributed by atoms with Gasteiger partial charge in [0, 0.05) is 63.6 Å². The second-order valence-corrected chi connectivity index (χ2v) is 9.20. The maximum absolute atomic E-state index is 13.3. The van der Waals surface area contributed by atoms with E-state index in [4.69, 9.17) is 30.3 Å². The number of halogens is 2. The zero-order valence-electron chi connectivity index (χ0n) is 24.0. The number of benzene rings is 2. The predicted octanol–water partition coefficient (Wildman–Crippen LogP) is 2.59. The summed E-state index contributed by atoms with van der Waals surface area (Å²) in [5.41, 5.74) is 1.63. The number of ether oxygens (including phenoxy) is 1. The van der Waals surface area contributed by atoms with E-state index in [-0.39, 0.29) is 18.1 Å². The molecule has 0 amide bonds. The Labute approximate surface area is 256 Å². The van der Waals surface area contributed by atoms with Crippen LogP contribution in [0.2, 0.25) is 0 Å². The predicted molar refractivity (Wildman–Crippen MR) is 155 cm³/mol. The highest BCUT2D eigenvalue weighted by Crippen LogP contribution is 2.26. The molecule has 1 saturated heterocycles. The lowest BCUT2D eigenvalue weighted by Gasteiger charge is -2.34. The van der Waals surface area contributed by atoms with Crippen LogP contribution in [0.3, 0.4) is 0 Å². The lowest BCUT2D eigenvalue weighted by molar-refractivity contribution is -0.137. The third kappa shape index (κ3) is 18.3. The lowest BCUT2D eigenvalue weighted by Crippen LogP contribution is -2.47. The van der Waals surface area contributed by atoms with Crippen LogP contribution < -0.4 is 0 Å². The molecule has 3 rings (SSSR count). The molecule has 1 aliphatic heterocycles. The molecule has 0 aromatic heterocycles. The number of carboxylic acid groups (broad SMARTS) is 5. The smallest absolute Gasteiger partial charge is 0.328 e. The maximum Gasteiger partial charge on any atom is 0.328 e. The first-order chi connectivity index (χ1) is 21.3. The summed E-state index contributed by atoms with van der Waals surface area (Å²) in [6.45, 7) is 5.21. The standard InChI is InChI=1S/C22H26F2N2O3.2C4H4O4/c23-19-5-1-17(2-6-19)22(18-3-7-20(24)8-4-18)29-16-15-26-13-11-25(12-14-26)10-9-21(27)28;2*5-3(6)1-2-4(7)8/h1-8,22H,9-16H2,(H,27,28);2*1-2H,(H,5,6)(H,7,8)/b;2*2-1-. The van der Waals surface area contributed by atoms with Crippen molar-refractivity contribution in [3.63, 3.8) is 0 Å². The minimum Gasteiger partial charge on any atom is -0.481 e. The van der Waals surface area contributed by atoms with Crippen molar-refractivity contribution in [2.24, 2.45) is 0 Å². The van der Waals surface area contributed by atoms with Crippen molar-refractivity contribution in [2.45, 2.75) is 12.5 Å². The number of aliphatic carboxylic acids is 5. The summed E-state index contributed by atoms with van der Waals surface area (Å²) >= 11 is 0. The van der Waals surface area contributed by atoms with E-state index in [1.807, 2.05) is 0 Å². The molecular formula is C30H34F2N2O11. The fourth-order valence-electron chi connectivity index (χ4n) is 3.74. The molecule has 1 heterocycles. The first-order valence-electron chi connectivity index (χ1n) is 13.3. The van der Waals surface area contributed by atoms with Crippen LogP contribution in [0.4, 0.5) is 8.78 Å². The molecule has 1 aliphatic rings. The van der Waals surface area contributed by atoms with E-state index in [1.54, 1.807) is 24.3 Å². The Kier molecular flexibility index (Phi) is 17.6. The summed E-state index contributed by atoms with van der Waals surface area (Å²) in [5.74, 6) is -6.42. The van der Waals surface area contributed by atoms with Crippen LogP contribution in [0, 0.1) is 11.6 Å². The molecule has 0 spiro atoms. The molecule has 0 aliphatic carbocycles. The number of nitrogens with zero attached hydrogens (tertiary/aromatic N) is 2. The summed E-state index contributed by atoms with van der Waals surface area (Å²) in [4.78, 5) is 53.3. The topological polar surface area (TPSA) is 202 Å². The summed E-state index contributed by atoms with van der Waals surface area (Å²) in [5, 5.41) is 40.0. The van der Waals surface area contributed by atoms with Crippen molar-refractivity contribution >= 4 is 29.8 Å². The fourth-order valence-corrected chi connectivity index (χ4v) is 3.74. The zero-order valence-corrected chi connectivity index (χ0v) is 24.0. The van der Waals surface area contributed by atoms with E-state index in [0.29, 0.717) is 37.5 Å². The van der Waals surface area contributed by atoms with E-state index >= 15 is 0 Å². The van der Waals surface area contributed by atoms with Gasteiger partial charge in [-0.05, 0) is 35.4 Å². The Balaban J connectivity index is 0.000000521. The van der Waals surface area contributed by atoms with Crippen molar-refractivity contribution in [3.8, 4) is 0 Å². The minimum absolute atomic E-state index is 0.167. The van der Waals surface area contributed by atoms with Crippen molar-refractivity contribution in [1.29, 1.82) is 0 Å². The van der Waals surface area contributed by atoms with E-state index in [2.05, 4.69) is 9.80 Å². The van der Waals surface area contributed by atoms with Crippen molar-refractivity contribution in [1.82, 2.24) is 9.80 Å². The van der Waals surface area contributed by atoms with Gasteiger partial charge in [-0.1, -0.05) is 24.3 Å². The van der Waals surface area contributed by atoms with Crippen LogP contribution in [0.15, 0.2) is 72.8 Å². The lowest BCUT2D eigenvalue weighted by atomic mass is 10.0. The molecule has 0 radical (unpaired) electrons.